The zero-order valence-electron chi connectivity index (χ0n) is 16.8. The molecule has 1 saturated carbocycles. The maximum absolute atomic E-state index is 13.7. The second-order valence-corrected chi connectivity index (χ2v) is 7.78. The predicted molar refractivity (Wildman–Crippen MR) is 116 cm³/mol. The van der Waals surface area contributed by atoms with E-state index in [4.69, 9.17) is 0 Å². The van der Waals surface area contributed by atoms with E-state index in [1.54, 1.807) is 35.3 Å². The van der Waals surface area contributed by atoms with E-state index in [1.807, 2.05) is 12.1 Å². The number of hydrogen-bond acceptors (Lipinski definition) is 6. The van der Waals surface area contributed by atoms with Crippen molar-refractivity contribution in [3.8, 4) is 11.3 Å². The molecule has 4 aromatic rings. The second-order valence-electron chi connectivity index (χ2n) is 7.78. The van der Waals surface area contributed by atoms with Crippen LogP contribution in [0.15, 0.2) is 66.0 Å². The normalized spacial score (nSPS) is 18.7. The van der Waals surface area contributed by atoms with Gasteiger partial charge in [0, 0.05) is 35.5 Å². The SMILES string of the molecule is O=c1ccc(-c2cccnc2)nn1C1CCC(Nc2ncnc3ccc(F)cc23)CC1. The first-order valence-corrected chi connectivity index (χ1v) is 10.3. The first-order chi connectivity index (χ1) is 15.2. The zero-order valence-corrected chi connectivity index (χ0v) is 16.8. The van der Waals surface area contributed by atoms with Crippen LogP contribution in [0, 0.1) is 5.82 Å². The standard InChI is InChI=1S/C23H21FN6O/c24-16-3-8-21-19(12-16)23(27-14-26-21)28-17-4-6-18(7-5-17)30-22(31)10-9-20(29-30)15-2-1-11-25-13-15/h1-3,8-14,17-18H,4-7H2,(H,26,27,28). The van der Waals surface area contributed by atoms with Crippen molar-refractivity contribution in [1.82, 2.24) is 24.7 Å². The van der Waals surface area contributed by atoms with Gasteiger partial charge in [0.25, 0.3) is 5.56 Å². The van der Waals surface area contributed by atoms with Crippen LogP contribution in [0.4, 0.5) is 10.2 Å². The molecule has 1 aromatic carbocycles. The maximum atomic E-state index is 13.7. The van der Waals surface area contributed by atoms with Crippen LogP contribution in [0.1, 0.15) is 31.7 Å². The average molecular weight is 416 g/mol. The fraction of sp³-hybridized carbons (Fsp3) is 0.261. The summed E-state index contributed by atoms with van der Waals surface area (Å²) in [6.07, 6.45) is 8.29. The number of pyridine rings is 1. The van der Waals surface area contributed by atoms with Gasteiger partial charge in [-0.1, -0.05) is 0 Å². The van der Waals surface area contributed by atoms with Gasteiger partial charge in [0.15, 0.2) is 0 Å². The lowest BCUT2D eigenvalue weighted by atomic mass is 9.91. The summed E-state index contributed by atoms with van der Waals surface area (Å²) in [5.74, 6) is 0.329. The summed E-state index contributed by atoms with van der Waals surface area (Å²) in [6, 6.07) is 11.8. The van der Waals surface area contributed by atoms with Gasteiger partial charge in [0.2, 0.25) is 0 Å². The van der Waals surface area contributed by atoms with Crippen LogP contribution in [-0.2, 0) is 0 Å². The van der Waals surface area contributed by atoms with Crippen LogP contribution in [0.3, 0.4) is 0 Å². The number of nitrogens with one attached hydrogen (secondary N) is 1. The monoisotopic (exact) mass is 416 g/mol. The highest BCUT2D eigenvalue weighted by molar-refractivity contribution is 5.88. The van der Waals surface area contributed by atoms with Crippen molar-refractivity contribution >= 4 is 16.7 Å². The Morgan fingerprint density at radius 1 is 1.03 bits per heavy atom. The van der Waals surface area contributed by atoms with Crippen molar-refractivity contribution in [3.05, 3.63) is 77.4 Å². The highest BCUT2D eigenvalue weighted by Gasteiger charge is 2.24. The van der Waals surface area contributed by atoms with E-state index in [0.29, 0.717) is 16.7 Å². The fourth-order valence-corrected chi connectivity index (χ4v) is 4.16. The van der Waals surface area contributed by atoms with Gasteiger partial charge >= 0.3 is 0 Å². The van der Waals surface area contributed by atoms with Crippen LogP contribution in [0.25, 0.3) is 22.2 Å². The maximum Gasteiger partial charge on any atom is 0.267 e. The lowest BCUT2D eigenvalue weighted by Crippen LogP contribution is -2.33. The van der Waals surface area contributed by atoms with E-state index in [9.17, 15) is 9.18 Å². The Morgan fingerprint density at radius 3 is 2.71 bits per heavy atom. The number of fused-ring (bicyclic) bond motifs is 1. The Bertz CT molecular complexity index is 1270. The minimum absolute atomic E-state index is 0.0433. The van der Waals surface area contributed by atoms with E-state index < -0.39 is 0 Å². The van der Waals surface area contributed by atoms with Crippen molar-refractivity contribution < 1.29 is 4.39 Å². The Morgan fingerprint density at radius 2 is 1.90 bits per heavy atom. The van der Waals surface area contributed by atoms with Crippen LogP contribution in [-0.4, -0.2) is 30.8 Å². The lowest BCUT2D eigenvalue weighted by Gasteiger charge is -2.30. The molecule has 0 bridgehead atoms. The van der Waals surface area contributed by atoms with Gasteiger partial charge in [0.1, 0.15) is 18.0 Å². The van der Waals surface area contributed by atoms with Gasteiger partial charge in [-0.05, 0) is 62.1 Å². The van der Waals surface area contributed by atoms with Gasteiger partial charge in [-0.15, -0.1) is 0 Å². The third kappa shape index (κ3) is 4.01. The number of benzene rings is 1. The van der Waals surface area contributed by atoms with Crippen LogP contribution in [0.5, 0.6) is 0 Å². The summed E-state index contributed by atoms with van der Waals surface area (Å²) in [5, 5.41) is 8.72. The number of rotatable bonds is 4. The zero-order chi connectivity index (χ0) is 21.2. The third-order valence-electron chi connectivity index (χ3n) is 5.76. The molecule has 156 valence electrons. The van der Waals surface area contributed by atoms with Gasteiger partial charge in [-0.2, -0.15) is 5.10 Å². The molecule has 0 radical (unpaired) electrons. The van der Waals surface area contributed by atoms with Crippen molar-refractivity contribution in [1.29, 1.82) is 0 Å². The summed E-state index contributed by atoms with van der Waals surface area (Å²) >= 11 is 0. The molecular weight excluding hydrogens is 395 g/mol. The Labute approximate surface area is 178 Å². The Balaban J connectivity index is 1.31. The number of halogens is 1. The van der Waals surface area contributed by atoms with Crippen molar-refractivity contribution in [2.75, 3.05) is 5.32 Å². The largest absolute Gasteiger partial charge is 0.367 e. The number of aromatic nitrogens is 5. The van der Waals surface area contributed by atoms with Gasteiger partial charge < -0.3 is 5.32 Å². The van der Waals surface area contributed by atoms with Crippen LogP contribution < -0.4 is 10.9 Å². The molecule has 7 nitrogen and oxygen atoms in total. The van der Waals surface area contributed by atoms with E-state index in [0.717, 1.165) is 36.9 Å². The lowest BCUT2D eigenvalue weighted by molar-refractivity contribution is 0.304. The van der Waals surface area contributed by atoms with Gasteiger partial charge in [-0.3, -0.25) is 9.78 Å². The van der Waals surface area contributed by atoms with Crippen molar-refractivity contribution in [3.63, 3.8) is 0 Å². The minimum atomic E-state index is -0.312. The van der Waals surface area contributed by atoms with E-state index >= 15 is 0 Å². The fourth-order valence-electron chi connectivity index (χ4n) is 4.16. The minimum Gasteiger partial charge on any atom is -0.367 e. The van der Waals surface area contributed by atoms with Gasteiger partial charge in [0.05, 0.1) is 17.3 Å². The third-order valence-corrected chi connectivity index (χ3v) is 5.76. The Kier molecular flexibility index (Phi) is 5.11. The topological polar surface area (TPSA) is 85.6 Å². The highest BCUT2D eigenvalue weighted by Crippen LogP contribution is 2.30. The predicted octanol–water partition coefficient (Wildman–Crippen LogP) is 3.98. The van der Waals surface area contributed by atoms with E-state index in [2.05, 4.69) is 25.4 Å². The quantitative estimate of drug-likeness (QED) is 0.542. The molecule has 0 atom stereocenters. The molecule has 1 fully saturated rings. The molecule has 0 unspecified atom stereocenters. The Hall–Kier alpha value is -3.68. The molecule has 0 amide bonds. The smallest absolute Gasteiger partial charge is 0.267 e. The molecule has 1 aliphatic rings. The summed E-state index contributed by atoms with van der Waals surface area (Å²) in [4.78, 5) is 25.1. The molecule has 1 N–H and O–H groups in total. The molecule has 3 heterocycles. The molecule has 0 saturated heterocycles. The molecule has 5 rings (SSSR count). The first kappa shape index (κ1) is 19.3. The summed E-state index contributed by atoms with van der Waals surface area (Å²) in [5.41, 5.74) is 2.23. The van der Waals surface area contributed by atoms with Crippen LogP contribution in [0.2, 0.25) is 0 Å². The molecule has 3 aromatic heterocycles. The number of hydrogen-bond donors (Lipinski definition) is 1. The van der Waals surface area contributed by atoms with Gasteiger partial charge in [-0.25, -0.2) is 19.0 Å². The summed E-state index contributed by atoms with van der Waals surface area (Å²) < 4.78 is 15.3. The molecule has 31 heavy (non-hydrogen) atoms. The average Bonchev–Trinajstić information content (AvgIpc) is 2.81. The molecule has 8 heteroatoms. The summed E-state index contributed by atoms with van der Waals surface area (Å²) in [6.45, 7) is 0. The second kappa shape index (κ2) is 8.22. The van der Waals surface area contributed by atoms with E-state index in [1.165, 1.54) is 18.5 Å². The molecule has 0 spiro atoms. The highest BCUT2D eigenvalue weighted by atomic mass is 19.1. The van der Waals surface area contributed by atoms with E-state index in [-0.39, 0.29) is 23.5 Å². The number of nitrogens with zero attached hydrogens (tertiary/aromatic N) is 5. The molecule has 0 aliphatic heterocycles. The van der Waals surface area contributed by atoms with Crippen molar-refractivity contribution in [2.24, 2.45) is 0 Å². The molecular formula is C23H21FN6O. The summed E-state index contributed by atoms with van der Waals surface area (Å²) in [7, 11) is 0. The number of anilines is 1. The van der Waals surface area contributed by atoms with Crippen molar-refractivity contribution in [2.45, 2.75) is 37.8 Å². The first-order valence-electron chi connectivity index (χ1n) is 10.3. The molecule has 1 aliphatic carbocycles. The van der Waals surface area contributed by atoms with Crippen LogP contribution >= 0.6 is 0 Å².